The second-order valence-corrected chi connectivity index (χ2v) is 5.81. The first-order chi connectivity index (χ1) is 11.0. The van der Waals surface area contributed by atoms with Crippen molar-refractivity contribution in [1.82, 2.24) is 10.2 Å². The van der Waals surface area contributed by atoms with Gasteiger partial charge in [0.15, 0.2) is 0 Å². The van der Waals surface area contributed by atoms with Crippen LogP contribution in [0.25, 0.3) is 0 Å². The predicted molar refractivity (Wildman–Crippen MR) is 81.4 cm³/mol. The maximum absolute atomic E-state index is 13.5. The second kappa shape index (κ2) is 6.55. The molecule has 7 heteroatoms. The lowest BCUT2D eigenvalue weighted by Crippen LogP contribution is -2.45. The van der Waals surface area contributed by atoms with Gasteiger partial charge in [0.25, 0.3) is 0 Å². The molecule has 1 aliphatic rings. The average molecular weight is 345 g/mol. The van der Waals surface area contributed by atoms with Gasteiger partial charge in [-0.25, -0.2) is 0 Å². The van der Waals surface area contributed by atoms with Crippen molar-refractivity contribution < 1.29 is 17.6 Å². The summed E-state index contributed by atoms with van der Waals surface area (Å²) in [5.41, 5.74) is -0.663. The highest BCUT2D eigenvalue weighted by molar-refractivity contribution is 6.31. The number of nitrogens with one attached hydrogen (secondary N) is 1. The molecule has 1 N–H and O–H groups in total. The van der Waals surface area contributed by atoms with Gasteiger partial charge in [-0.15, -0.1) is 0 Å². The first kappa shape index (κ1) is 16.4. The van der Waals surface area contributed by atoms with Gasteiger partial charge in [0.2, 0.25) is 0 Å². The molecule has 0 radical (unpaired) electrons. The Bertz CT molecular complexity index is 652. The van der Waals surface area contributed by atoms with Crippen LogP contribution in [0.2, 0.25) is 5.02 Å². The minimum atomic E-state index is -4.47. The van der Waals surface area contributed by atoms with Crippen molar-refractivity contribution in [2.24, 2.45) is 0 Å². The van der Waals surface area contributed by atoms with Gasteiger partial charge in [-0.1, -0.05) is 17.7 Å². The Labute approximate surface area is 137 Å². The number of nitrogens with zero attached hydrogens (tertiary/aromatic N) is 1. The summed E-state index contributed by atoms with van der Waals surface area (Å²) in [5.74, 6) is 0.463. The molecule has 2 aromatic rings. The van der Waals surface area contributed by atoms with Crippen LogP contribution in [0.3, 0.4) is 0 Å². The standard InChI is InChI=1S/C16H16ClF3N2O/c17-12-4-1-3-11(16(18,19)20)14(12)15(13-5-2-10-23-13)22-8-6-21-7-9-22/h1-5,10,15,21H,6-9H2/t15-/m0/s1. The molecule has 1 atom stereocenters. The van der Waals surface area contributed by atoms with Crippen LogP contribution in [0.15, 0.2) is 41.0 Å². The van der Waals surface area contributed by atoms with Crippen molar-refractivity contribution in [3.63, 3.8) is 0 Å². The Morgan fingerprint density at radius 3 is 2.48 bits per heavy atom. The van der Waals surface area contributed by atoms with E-state index < -0.39 is 17.8 Å². The van der Waals surface area contributed by atoms with Crippen molar-refractivity contribution in [1.29, 1.82) is 0 Å². The highest BCUT2D eigenvalue weighted by Crippen LogP contribution is 2.42. The van der Waals surface area contributed by atoms with Crippen molar-refractivity contribution in [2.75, 3.05) is 26.2 Å². The molecule has 0 unspecified atom stereocenters. The Kier molecular flexibility index (Phi) is 4.66. The van der Waals surface area contributed by atoms with Gasteiger partial charge in [0.1, 0.15) is 5.76 Å². The quantitative estimate of drug-likeness (QED) is 0.914. The number of hydrogen-bond acceptors (Lipinski definition) is 3. The third-order valence-electron chi connectivity index (χ3n) is 3.96. The molecule has 0 bridgehead atoms. The summed E-state index contributed by atoms with van der Waals surface area (Å²) >= 11 is 6.18. The van der Waals surface area contributed by atoms with Crippen LogP contribution in [-0.2, 0) is 6.18 Å². The van der Waals surface area contributed by atoms with E-state index in [-0.39, 0.29) is 10.6 Å². The maximum Gasteiger partial charge on any atom is 0.416 e. The van der Waals surface area contributed by atoms with E-state index in [0.717, 1.165) is 6.07 Å². The molecule has 0 saturated carbocycles. The zero-order valence-electron chi connectivity index (χ0n) is 12.2. The predicted octanol–water partition coefficient (Wildman–Crippen LogP) is 3.95. The van der Waals surface area contributed by atoms with Gasteiger partial charge in [0.05, 0.1) is 17.9 Å². The number of furan rings is 1. The molecule has 1 aromatic heterocycles. The third kappa shape index (κ3) is 3.39. The molecule has 1 fully saturated rings. The van der Waals surface area contributed by atoms with Gasteiger partial charge in [-0.05, 0) is 24.3 Å². The van der Waals surface area contributed by atoms with E-state index in [0.29, 0.717) is 31.9 Å². The molecule has 2 heterocycles. The van der Waals surface area contributed by atoms with Crippen LogP contribution in [0.1, 0.15) is 22.9 Å². The molecule has 23 heavy (non-hydrogen) atoms. The van der Waals surface area contributed by atoms with Crippen LogP contribution in [0.5, 0.6) is 0 Å². The maximum atomic E-state index is 13.5. The second-order valence-electron chi connectivity index (χ2n) is 5.40. The Morgan fingerprint density at radius 2 is 1.87 bits per heavy atom. The monoisotopic (exact) mass is 344 g/mol. The smallest absolute Gasteiger partial charge is 0.416 e. The molecule has 1 aromatic carbocycles. The van der Waals surface area contributed by atoms with Crippen LogP contribution >= 0.6 is 11.6 Å². The lowest BCUT2D eigenvalue weighted by atomic mass is 9.96. The number of halogens is 4. The van der Waals surface area contributed by atoms with E-state index >= 15 is 0 Å². The number of alkyl halides is 3. The summed E-state index contributed by atoms with van der Waals surface area (Å²) in [6.07, 6.45) is -3.01. The molecule has 0 aliphatic carbocycles. The van der Waals surface area contributed by atoms with Gasteiger partial charge in [-0.2, -0.15) is 13.2 Å². The fourth-order valence-electron chi connectivity index (χ4n) is 2.95. The van der Waals surface area contributed by atoms with E-state index in [1.165, 1.54) is 18.4 Å². The molecule has 0 amide bonds. The fourth-order valence-corrected chi connectivity index (χ4v) is 3.23. The van der Waals surface area contributed by atoms with Crippen LogP contribution in [-0.4, -0.2) is 31.1 Å². The van der Waals surface area contributed by atoms with Crippen LogP contribution in [0.4, 0.5) is 13.2 Å². The van der Waals surface area contributed by atoms with E-state index in [4.69, 9.17) is 16.0 Å². The molecule has 3 rings (SSSR count). The SMILES string of the molecule is FC(F)(F)c1cccc(Cl)c1[C@H](c1ccco1)N1CCNCC1. The summed E-state index contributed by atoms with van der Waals surface area (Å²) in [7, 11) is 0. The van der Waals surface area contributed by atoms with Gasteiger partial charge < -0.3 is 9.73 Å². The molecular formula is C16H16ClF3N2O. The van der Waals surface area contributed by atoms with Crippen LogP contribution in [0, 0.1) is 0 Å². The Balaban J connectivity index is 2.14. The normalized spacial score (nSPS) is 18.1. The van der Waals surface area contributed by atoms with E-state index in [1.807, 2.05) is 4.90 Å². The average Bonchev–Trinajstić information content (AvgIpc) is 3.03. The van der Waals surface area contributed by atoms with Gasteiger partial charge in [0, 0.05) is 36.8 Å². The summed E-state index contributed by atoms with van der Waals surface area (Å²) < 4.78 is 45.9. The summed E-state index contributed by atoms with van der Waals surface area (Å²) in [6, 6.07) is 6.59. The molecule has 0 spiro atoms. The zero-order chi connectivity index (χ0) is 16.4. The number of hydrogen-bond donors (Lipinski definition) is 1. The summed E-state index contributed by atoms with van der Waals surface area (Å²) in [5, 5.41) is 3.30. The first-order valence-electron chi connectivity index (χ1n) is 7.32. The molecule has 124 valence electrons. The van der Waals surface area contributed by atoms with Crippen LogP contribution < -0.4 is 5.32 Å². The lowest BCUT2D eigenvalue weighted by molar-refractivity contribution is -0.138. The number of rotatable bonds is 3. The summed E-state index contributed by atoms with van der Waals surface area (Å²) in [6.45, 7) is 2.66. The molecular weight excluding hydrogens is 329 g/mol. The summed E-state index contributed by atoms with van der Waals surface area (Å²) in [4.78, 5) is 1.96. The van der Waals surface area contributed by atoms with Crippen molar-refractivity contribution >= 4 is 11.6 Å². The number of benzene rings is 1. The first-order valence-corrected chi connectivity index (χ1v) is 7.70. The van der Waals surface area contributed by atoms with Crippen molar-refractivity contribution in [3.8, 4) is 0 Å². The van der Waals surface area contributed by atoms with E-state index in [9.17, 15) is 13.2 Å². The molecule has 1 saturated heterocycles. The Morgan fingerprint density at radius 1 is 1.13 bits per heavy atom. The highest BCUT2D eigenvalue weighted by Gasteiger charge is 2.39. The van der Waals surface area contributed by atoms with Gasteiger partial charge >= 0.3 is 6.18 Å². The zero-order valence-corrected chi connectivity index (χ0v) is 13.0. The highest BCUT2D eigenvalue weighted by atomic mass is 35.5. The fraction of sp³-hybridized carbons (Fsp3) is 0.375. The minimum Gasteiger partial charge on any atom is -0.467 e. The number of piperazine rings is 1. The van der Waals surface area contributed by atoms with Gasteiger partial charge in [-0.3, -0.25) is 4.90 Å². The van der Waals surface area contributed by atoms with E-state index in [2.05, 4.69) is 5.32 Å². The lowest BCUT2D eigenvalue weighted by Gasteiger charge is -2.35. The molecule has 1 aliphatic heterocycles. The van der Waals surface area contributed by atoms with E-state index in [1.54, 1.807) is 12.1 Å². The van der Waals surface area contributed by atoms with Crippen molar-refractivity contribution in [2.45, 2.75) is 12.2 Å². The third-order valence-corrected chi connectivity index (χ3v) is 4.29. The largest absolute Gasteiger partial charge is 0.467 e. The molecule has 3 nitrogen and oxygen atoms in total. The minimum absolute atomic E-state index is 0.0542. The Hall–Kier alpha value is -1.50. The van der Waals surface area contributed by atoms with Crippen molar-refractivity contribution in [3.05, 3.63) is 58.5 Å². The topological polar surface area (TPSA) is 28.4 Å².